The lowest BCUT2D eigenvalue weighted by Gasteiger charge is -2.28. The van der Waals surface area contributed by atoms with Gasteiger partial charge in [-0.2, -0.15) is 0 Å². The van der Waals surface area contributed by atoms with Crippen LogP contribution in [0.4, 0.5) is 0 Å². The van der Waals surface area contributed by atoms with Gasteiger partial charge in [0.1, 0.15) is 5.57 Å². The Morgan fingerprint density at radius 3 is 2.68 bits per heavy atom. The molecule has 0 saturated heterocycles. The lowest BCUT2D eigenvalue weighted by atomic mass is 9.89. The molecule has 0 fully saturated rings. The SMILES string of the molecule is CCOC(=O)C1=C(N)Oc2c(c(=O)n(C)c(=O)n2C)[C@@H]1c1cccs1. The molecule has 2 N–H and O–H groups in total. The highest BCUT2D eigenvalue weighted by atomic mass is 32.1. The predicted molar refractivity (Wildman–Crippen MR) is 91.6 cm³/mol. The summed E-state index contributed by atoms with van der Waals surface area (Å²) in [6, 6.07) is 3.60. The number of hydrogen-bond donors (Lipinski definition) is 1. The Labute approximate surface area is 146 Å². The standard InChI is InChI=1S/C16H17N3O5S/c1-4-23-15(21)10-9(8-6-5-7-25-8)11-13(20)18(2)16(22)19(3)14(11)24-12(10)17/h5-7,9H,4,17H2,1-3H3/t9-/m1/s1. The monoisotopic (exact) mass is 363 g/mol. The maximum absolute atomic E-state index is 12.8. The highest BCUT2D eigenvalue weighted by Gasteiger charge is 2.40. The van der Waals surface area contributed by atoms with Gasteiger partial charge in [0.2, 0.25) is 11.8 Å². The van der Waals surface area contributed by atoms with E-state index in [0.29, 0.717) is 0 Å². The zero-order valence-electron chi connectivity index (χ0n) is 13.9. The minimum Gasteiger partial charge on any atom is -0.462 e. The minimum atomic E-state index is -0.756. The molecule has 1 atom stereocenters. The van der Waals surface area contributed by atoms with E-state index < -0.39 is 23.1 Å². The van der Waals surface area contributed by atoms with E-state index in [0.717, 1.165) is 9.44 Å². The molecule has 8 nitrogen and oxygen atoms in total. The second kappa shape index (κ2) is 6.25. The predicted octanol–water partition coefficient (Wildman–Crippen LogP) is 0.403. The first kappa shape index (κ1) is 17.0. The van der Waals surface area contributed by atoms with Gasteiger partial charge >= 0.3 is 11.7 Å². The Morgan fingerprint density at radius 2 is 2.08 bits per heavy atom. The fourth-order valence-corrected chi connectivity index (χ4v) is 3.68. The molecule has 3 heterocycles. The molecule has 132 valence electrons. The topological polar surface area (TPSA) is 106 Å². The molecular weight excluding hydrogens is 346 g/mol. The highest BCUT2D eigenvalue weighted by molar-refractivity contribution is 7.10. The first-order valence-corrected chi connectivity index (χ1v) is 8.44. The maximum atomic E-state index is 12.8. The number of carbonyl (C=O) groups is 1. The number of nitrogens with zero attached hydrogens (tertiary/aromatic N) is 2. The number of aromatic nitrogens is 2. The summed E-state index contributed by atoms with van der Waals surface area (Å²) in [5.41, 5.74) is 5.14. The van der Waals surface area contributed by atoms with Crippen LogP contribution >= 0.6 is 11.3 Å². The quantitative estimate of drug-likeness (QED) is 0.792. The first-order valence-electron chi connectivity index (χ1n) is 7.56. The van der Waals surface area contributed by atoms with Crippen LogP contribution in [0.3, 0.4) is 0 Å². The van der Waals surface area contributed by atoms with Gasteiger partial charge in [-0.25, -0.2) is 9.59 Å². The summed E-state index contributed by atoms with van der Waals surface area (Å²) in [5, 5.41) is 1.83. The lowest BCUT2D eigenvalue weighted by molar-refractivity contribution is -0.139. The Balaban J connectivity index is 2.36. The Bertz CT molecular complexity index is 984. The fraction of sp³-hybridized carbons (Fsp3) is 0.312. The maximum Gasteiger partial charge on any atom is 0.340 e. The van der Waals surface area contributed by atoms with Crippen molar-refractivity contribution < 1.29 is 14.3 Å². The number of thiophene rings is 1. The van der Waals surface area contributed by atoms with Gasteiger partial charge in [0.05, 0.1) is 18.1 Å². The number of ether oxygens (including phenoxy) is 2. The summed E-state index contributed by atoms with van der Waals surface area (Å²) in [7, 11) is 2.86. The van der Waals surface area contributed by atoms with E-state index in [1.165, 1.54) is 30.0 Å². The molecule has 0 aliphatic carbocycles. The van der Waals surface area contributed by atoms with Crippen molar-refractivity contribution in [1.29, 1.82) is 0 Å². The fourth-order valence-electron chi connectivity index (χ4n) is 2.84. The second-order valence-electron chi connectivity index (χ2n) is 5.47. The summed E-state index contributed by atoms with van der Waals surface area (Å²) in [6.07, 6.45) is 0. The van der Waals surface area contributed by atoms with Gasteiger partial charge in [-0.15, -0.1) is 11.3 Å². The average molecular weight is 363 g/mol. The van der Waals surface area contributed by atoms with E-state index in [9.17, 15) is 14.4 Å². The molecule has 0 amide bonds. The molecule has 0 saturated carbocycles. The largest absolute Gasteiger partial charge is 0.462 e. The van der Waals surface area contributed by atoms with Crippen molar-refractivity contribution in [3.05, 3.63) is 60.2 Å². The molecule has 1 aliphatic heterocycles. The van der Waals surface area contributed by atoms with Crippen molar-refractivity contribution in [2.24, 2.45) is 19.8 Å². The average Bonchev–Trinajstić information content (AvgIpc) is 3.11. The zero-order chi connectivity index (χ0) is 18.3. The van der Waals surface area contributed by atoms with E-state index >= 15 is 0 Å². The molecular formula is C16H17N3O5S. The molecule has 0 radical (unpaired) electrons. The van der Waals surface area contributed by atoms with Crippen LogP contribution in [0.15, 0.2) is 38.6 Å². The van der Waals surface area contributed by atoms with Gasteiger partial charge in [0.25, 0.3) is 5.56 Å². The van der Waals surface area contributed by atoms with E-state index in [-0.39, 0.29) is 29.5 Å². The molecule has 0 aromatic carbocycles. The second-order valence-corrected chi connectivity index (χ2v) is 6.45. The Kier molecular flexibility index (Phi) is 4.25. The molecule has 2 aromatic heterocycles. The zero-order valence-corrected chi connectivity index (χ0v) is 14.8. The van der Waals surface area contributed by atoms with Gasteiger partial charge < -0.3 is 15.2 Å². The van der Waals surface area contributed by atoms with E-state index in [1.54, 1.807) is 19.1 Å². The molecule has 0 bridgehead atoms. The van der Waals surface area contributed by atoms with E-state index in [1.807, 2.05) is 5.38 Å². The van der Waals surface area contributed by atoms with Crippen molar-refractivity contribution in [2.45, 2.75) is 12.8 Å². The summed E-state index contributed by atoms with van der Waals surface area (Å²) in [5.74, 6) is -1.54. The van der Waals surface area contributed by atoms with Crippen LogP contribution in [-0.4, -0.2) is 21.7 Å². The summed E-state index contributed by atoms with van der Waals surface area (Å²) in [6.45, 7) is 1.83. The third kappa shape index (κ3) is 2.56. The molecule has 1 aliphatic rings. The van der Waals surface area contributed by atoms with Crippen LogP contribution in [0.25, 0.3) is 0 Å². The van der Waals surface area contributed by atoms with Crippen molar-refractivity contribution in [3.63, 3.8) is 0 Å². The van der Waals surface area contributed by atoms with Crippen molar-refractivity contribution in [1.82, 2.24) is 9.13 Å². The van der Waals surface area contributed by atoms with Crippen LogP contribution in [0.2, 0.25) is 0 Å². The van der Waals surface area contributed by atoms with Crippen LogP contribution in [0, 0.1) is 0 Å². The molecule has 0 spiro atoms. The number of esters is 1. The molecule has 0 unspecified atom stereocenters. The minimum absolute atomic E-state index is 0.0389. The molecule has 3 rings (SSSR count). The molecule has 9 heteroatoms. The van der Waals surface area contributed by atoms with Gasteiger partial charge in [-0.05, 0) is 18.4 Å². The van der Waals surface area contributed by atoms with Crippen molar-refractivity contribution in [3.8, 4) is 5.88 Å². The van der Waals surface area contributed by atoms with Crippen LogP contribution in [0.1, 0.15) is 23.3 Å². The third-order valence-electron chi connectivity index (χ3n) is 4.02. The number of carbonyl (C=O) groups excluding carboxylic acids is 1. The Morgan fingerprint density at radius 1 is 1.36 bits per heavy atom. The summed E-state index contributed by atoms with van der Waals surface area (Å²) in [4.78, 5) is 38.1. The number of rotatable bonds is 3. The highest BCUT2D eigenvalue weighted by Crippen LogP contribution is 2.41. The number of hydrogen-bond acceptors (Lipinski definition) is 7. The Hall–Kier alpha value is -2.81. The number of fused-ring (bicyclic) bond motifs is 1. The van der Waals surface area contributed by atoms with Crippen LogP contribution in [0.5, 0.6) is 5.88 Å². The van der Waals surface area contributed by atoms with E-state index in [2.05, 4.69) is 0 Å². The third-order valence-corrected chi connectivity index (χ3v) is 4.95. The van der Waals surface area contributed by atoms with Crippen molar-refractivity contribution >= 4 is 17.3 Å². The lowest BCUT2D eigenvalue weighted by Crippen LogP contribution is -2.43. The normalized spacial score (nSPS) is 16.4. The van der Waals surface area contributed by atoms with Gasteiger partial charge in [0.15, 0.2) is 0 Å². The smallest absolute Gasteiger partial charge is 0.340 e. The molecule has 2 aromatic rings. The van der Waals surface area contributed by atoms with Gasteiger partial charge in [-0.3, -0.25) is 13.9 Å². The summed E-state index contributed by atoms with van der Waals surface area (Å²) >= 11 is 1.37. The van der Waals surface area contributed by atoms with Crippen molar-refractivity contribution in [2.75, 3.05) is 6.61 Å². The number of nitrogens with two attached hydrogens (primary N) is 1. The first-order chi connectivity index (χ1) is 11.9. The summed E-state index contributed by atoms with van der Waals surface area (Å²) < 4.78 is 12.8. The van der Waals surface area contributed by atoms with Crippen LogP contribution in [-0.2, 0) is 23.6 Å². The van der Waals surface area contributed by atoms with Gasteiger partial charge in [0, 0.05) is 19.0 Å². The van der Waals surface area contributed by atoms with Gasteiger partial charge in [-0.1, -0.05) is 6.07 Å². The van der Waals surface area contributed by atoms with E-state index in [4.69, 9.17) is 15.2 Å². The molecule has 25 heavy (non-hydrogen) atoms. The van der Waals surface area contributed by atoms with Crippen LogP contribution < -0.4 is 21.7 Å².